The van der Waals surface area contributed by atoms with Gasteiger partial charge in [0, 0.05) is 0 Å². The fourth-order valence-electron chi connectivity index (χ4n) is 2.20. The van der Waals surface area contributed by atoms with Crippen LogP contribution in [0, 0.1) is 21.9 Å². The first kappa shape index (κ1) is 12.6. The van der Waals surface area contributed by atoms with E-state index in [0.717, 1.165) is 16.6 Å². The molecule has 0 atom stereocenters. The van der Waals surface area contributed by atoms with Crippen LogP contribution < -0.4 is 0 Å². The molecule has 0 spiro atoms. The number of nitrogens with one attached hydrogen (secondary N) is 1. The van der Waals surface area contributed by atoms with Crippen LogP contribution in [0.1, 0.15) is 11.1 Å². The van der Waals surface area contributed by atoms with Gasteiger partial charge in [0.25, 0.3) is 0 Å². The summed E-state index contributed by atoms with van der Waals surface area (Å²) in [5, 5.41) is 8.92. The zero-order chi connectivity index (χ0) is 14.1. The Labute approximate surface area is 119 Å². The minimum atomic E-state index is -0.300. The molecule has 0 fully saturated rings. The van der Waals surface area contributed by atoms with Crippen LogP contribution in [0.25, 0.3) is 11.0 Å². The Morgan fingerprint density at radius 3 is 2.90 bits per heavy atom. The summed E-state index contributed by atoms with van der Waals surface area (Å²) in [5.41, 5.74) is 3.07. The number of aromatic nitrogens is 2. The fourth-order valence-corrected chi connectivity index (χ4v) is 2.48. The molecule has 3 aromatic rings. The lowest BCUT2D eigenvalue weighted by atomic mass is 10.1. The summed E-state index contributed by atoms with van der Waals surface area (Å²) in [5.74, 6) is -0.300. The monoisotopic (exact) mass is 283 g/mol. The van der Waals surface area contributed by atoms with Gasteiger partial charge < -0.3 is 9.55 Å². The second-order valence-electron chi connectivity index (χ2n) is 4.49. The Morgan fingerprint density at radius 1 is 1.25 bits per heavy atom. The average molecular weight is 283 g/mol. The molecule has 1 heterocycles. The number of nitriles is 1. The highest BCUT2D eigenvalue weighted by Gasteiger charge is 2.06. The van der Waals surface area contributed by atoms with Crippen molar-refractivity contribution in [3.05, 3.63) is 64.2 Å². The van der Waals surface area contributed by atoms with Crippen LogP contribution in [0.15, 0.2) is 42.5 Å². The van der Waals surface area contributed by atoms with Gasteiger partial charge in [0.15, 0.2) is 4.77 Å². The van der Waals surface area contributed by atoms with E-state index in [1.165, 1.54) is 12.1 Å². The standard InChI is InChI=1S/C15H10FN3S/c16-12-4-5-13-14(7-12)19(15(20)18-13)9-11-3-1-2-10(6-11)8-17/h1-7H,9H2,(H,18,20). The molecule has 0 aliphatic carbocycles. The number of hydrogen-bond acceptors (Lipinski definition) is 2. The van der Waals surface area contributed by atoms with Gasteiger partial charge >= 0.3 is 0 Å². The predicted molar refractivity (Wildman–Crippen MR) is 77.3 cm³/mol. The maximum absolute atomic E-state index is 13.4. The van der Waals surface area contributed by atoms with Crippen LogP contribution in [-0.2, 0) is 6.54 Å². The summed E-state index contributed by atoms with van der Waals surface area (Å²) in [7, 11) is 0. The number of nitrogens with zero attached hydrogens (tertiary/aromatic N) is 2. The van der Waals surface area contributed by atoms with Crippen molar-refractivity contribution in [2.45, 2.75) is 6.54 Å². The second kappa shape index (κ2) is 4.91. The minimum Gasteiger partial charge on any atom is -0.331 e. The van der Waals surface area contributed by atoms with E-state index in [1.54, 1.807) is 18.2 Å². The Hall–Kier alpha value is -2.45. The smallest absolute Gasteiger partial charge is 0.178 e. The van der Waals surface area contributed by atoms with E-state index in [4.69, 9.17) is 17.5 Å². The number of aromatic amines is 1. The number of H-pyrrole nitrogens is 1. The van der Waals surface area contributed by atoms with Crippen molar-refractivity contribution >= 4 is 23.3 Å². The third-order valence-electron chi connectivity index (χ3n) is 3.13. The van der Waals surface area contributed by atoms with E-state index in [2.05, 4.69) is 11.1 Å². The molecule has 98 valence electrons. The topological polar surface area (TPSA) is 44.5 Å². The number of rotatable bonds is 2. The second-order valence-corrected chi connectivity index (χ2v) is 4.88. The van der Waals surface area contributed by atoms with Gasteiger partial charge in [0.1, 0.15) is 5.82 Å². The lowest BCUT2D eigenvalue weighted by Gasteiger charge is -2.05. The highest BCUT2D eigenvalue weighted by molar-refractivity contribution is 7.71. The summed E-state index contributed by atoms with van der Waals surface area (Å²) in [6.45, 7) is 0.498. The molecule has 0 aliphatic rings. The average Bonchev–Trinajstić information content (AvgIpc) is 2.75. The van der Waals surface area contributed by atoms with E-state index < -0.39 is 0 Å². The maximum atomic E-state index is 13.4. The van der Waals surface area contributed by atoms with Gasteiger partial charge in [-0.25, -0.2) is 4.39 Å². The SMILES string of the molecule is N#Cc1cccc(Cn2c(=S)[nH]c3ccc(F)cc32)c1. The first-order chi connectivity index (χ1) is 9.67. The van der Waals surface area contributed by atoms with E-state index in [9.17, 15) is 4.39 Å². The van der Waals surface area contributed by atoms with Gasteiger partial charge in [-0.1, -0.05) is 12.1 Å². The van der Waals surface area contributed by atoms with Crippen molar-refractivity contribution in [2.75, 3.05) is 0 Å². The maximum Gasteiger partial charge on any atom is 0.178 e. The van der Waals surface area contributed by atoms with E-state index >= 15 is 0 Å². The lowest BCUT2D eigenvalue weighted by molar-refractivity contribution is 0.628. The first-order valence-corrected chi connectivity index (χ1v) is 6.45. The molecule has 0 aliphatic heterocycles. The van der Waals surface area contributed by atoms with Crippen LogP contribution in [0.3, 0.4) is 0 Å². The first-order valence-electron chi connectivity index (χ1n) is 6.04. The van der Waals surface area contributed by atoms with Crippen LogP contribution in [0.5, 0.6) is 0 Å². The summed E-state index contributed by atoms with van der Waals surface area (Å²) < 4.78 is 15.7. The highest BCUT2D eigenvalue weighted by atomic mass is 32.1. The number of hydrogen-bond donors (Lipinski definition) is 1. The molecule has 20 heavy (non-hydrogen) atoms. The predicted octanol–water partition coefficient (Wildman–Crippen LogP) is 3.76. The summed E-state index contributed by atoms with van der Waals surface area (Å²) in [6, 6.07) is 13.9. The molecular weight excluding hydrogens is 273 g/mol. The zero-order valence-electron chi connectivity index (χ0n) is 10.4. The van der Waals surface area contributed by atoms with Crippen molar-refractivity contribution in [1.82, 2.24) is 9.55 Å². The Balaban J connectivity index is 2.10. The molecular formula is C15H10FN3S. The van der Waals surface area contributed by atoms with Gasteiger partial charge in [-0.2, -0.15) is 5.26 Å². The van der Waals surface area contributed by atoms with Crippen molar-refractivity contribution in [2.24, 2.45) is 0 Å². The van der Waals surface area contributed by atoms with Gasteiger partial charge in [-0.3, -0.25) is 0 Å². The molecule has 3 nitrogen and oxygen atoms in total. The fraction of sp³-hybridized carbons (Fsp3) is 0.0667. The molecule has 0 saturated heterocycles. The minimum absolute atomic E-state index is 0.300. The molecule has 1 aromatic heterocycles. The molecule has 5 heteroatoms. The van der Waals surface area contributed by atoms with Crippen molar-refractivity contribution in [3.63, 3.8) is 0 Å². The molecule has 2 aromatic carbocycles. The molecule has 0 bridgehead atoms. The third kappa shape index (κ3) is 2.22. The number of halogens is 1. The number of benzene rings is 2. The van der Waals surface area contributed by atoms with E-state index in [-0.39, 0.29) is 5.82 Å². The normalized spacial score (nSPS) is 10.6. The summed E-state index contributed by atoms with van der Waals surface area (Å²) in [4.78, 5) is 3.05. The van der Waals surface area contributed by atoms with Gasteiger partial charge in [-0.15, -0.1) is 0 Å². The van der Waals surface area contributed by atoms with Gasteiger partial charge in [0.05, 0.1) is 29.2 Å². The molecule has 0 amide bonds. The van der Waals surface area contributed by atoms with Crippen molar-refractivity contribution < 1.29 is 4.39 Å². The van der Waals surface area contributed by atoms with E-state index in [1.807, 2.05) is 16.7 Å². The Morgan fingerprint density at radius 2 is 2.10 bits per heavy atom. The number of imidazole rings is 1. The van der Waals surface area contributed by atoms with E-state index in [0.29, 0.717) is 16.9 Å². The third-order valence-corrected chi connectivity index (χ3v) is 3.46. The zero-order valence-corrected chi connectivity index (χ0v) is 11.2. The molecule has 1 N–H and O–H groups in total. The highest BCUT2D eigenvalue weighted by Crippen LogP contribution is 2.17. The summed E-state index contributed by atoms with van der Waals surface area (Å²) in [6.07, 6.45) is 0. The van der Waals surface area contributed by atoms with Gasteiger partial charge in [0.2, 0.25) is 0 Å². The Kier molecular flexibility index (Phi) is 3.09. The lowest BCUT2D eigenvalue weighted by Crippen LogP contribution is -2.00. The van der Waals surface area contributed by atoms with Crippen LogP contribution in [-0.4, -0.2) is 9.55 Å². The van der Waals surface area contributed by atoms with Crippen LogP contribution in [0.4, 0.5) is 4.39 Å². The summed E-state index contributed by atoms with van der Waals surface area (Å²) >= 11 is 5.28. The quantitative estimate of drug-likeness (QED) is 0.728. The molecule has 0 unspecified atom stereocenters. The van der Waals surface area contributed by atoms with Crippen LogP contribution in [0.2, 0.25) is 0 Å². The van der Waals surface area contributed by atoms with Crippen molar-refractivity contribution in [1.29, 1.82) is 5.26 Å². The molecule has 0 saturated carbocycles. The van der Waals surface area contributed by atoms with Crippen molar-refractivity contribution in [3.8, 4) is 6.07 Å². The Bertz CT molecular complexity index is 886. The number of fused-ring (bicyclic) bond motifs is 1. The largest absolute Gasteiger partial charge is 0.331 e. The van der Waals surface area contributed by atoms with Crippen LogP contribution >= 0.6 is 12.2 Å². The molecule has 3 rings (SSSR count). The van der Waals surface area contributed by atoms with Gasteiger partial charge in [-0.05, 0) is 48.1 Å². The molecule has 0 radical (unpaired) electrons.